The summed E-state index contributed by atoms with van der Waals surface area (Å²) in [5, 5.41) is 6.95. The zero-order valence-electron chi connectivity index (χ0n) is 10.9. The summed E-state index contributed by atoms with van der Waals surface area (Å²) in [7, 11) is 0. The highest BCUT2D eigenvalue weighted by Crippen LogP contribution is 2.36. The maximum Gasteiger partial charge on any atom is 0.212 e. The molecular weight excluding hydrogens is 242 g/mol. The number of rotatable bonds is 3. The van der Waals surface area contributed by atoms with Gasteiger partial charge in [0.05, 0.1) is 11.9 Å². The lowest BCUT2D eigenvalue weighted by molar-refractivity contribution is -0.105. The topological polar surface area (TPSA) is 72.7 Å². The quantitative estimate of drug-likeness (QED) is 0.845. The normalized spacial score (nSPS) is 16.1. The third-order valence-corrected chi connectivity index (χ3v) is 3.32. The van der Waals surface area contributed by atoms with Crippen molar-refractivity contribution in [3.05, 3.63) is 24.3 Å². The monoisotopic (exact) mass is 257 g/mol. The van der Waals surface area contributed by atoms with E-state index in [1.165, 1.54) is 12.0 Å². The van der Waals surface area contributed by atoms with Crippen molar-refractivity contribution >= 4 is 12.2 Å². The van der Waals surface area contributed by atoms with E-state index in [1.54, 1.807) is 6.07 Å². The van der Waals surface area contributed by atoms with Crippen LogP contribution in [0.3, 0.4) is 0 Å². The summed E-state index contributed by atoms with van der Waals surface area (Å²) >= 11 is 0. The predicted molar refractivity (Wildman–Crippen MR) is 70.4 cm³/mol. The molecule has 0 atom stereocenters. The van der Waals surface area contributed by atoms with Crippen LogP contribution in [0.15, 0.2) is 18.6 Å². The van der Waals surface area contributed by atoms with Crippen LogP contribution in [0.1, 0.15) is 19.5 Å². The van der Waals surface area contributed by atoms with Crippen LogP contribution in [0.2, 0.25) is 0 Å². The Bertz CT molecular complexity index is 632. The molecule has 19 heavy (non-hydrogen) atoms. The first-order valence-corrected chi connectivity index (χ1v) is 6.16. The predicted octanol–water partition coefficient (Wildman–Crippen LogP) is 1.49. The fourth-order valence-corrected chi connectivity index (χ4v) is 2.51. The summed E-state index contributed by atoms with van der Waals surface area (Å²) in [6.45, 7) is 5.38. The van der Waals surface area contributed by atoms with E-state index in [4.69, 9.17) is 0 Å². The Morgan fingerprint density at radius 1 is 1.42 bits per heavy atom. The van der Waals surface area contributed by atoms with Crippen molar-refractivity contribution in [3.8, 4) is 11.3 Å². The highest BCUT2D eigenvalue weighted by atomic mass is 16.1. The third-order valence-electron chi connectivity index (χ3n) is 3.32. The lowest BCUT2D eigenvalue weighted by Crippen LogP contribution is -2.12. The van der Waals surface area contributed by atoms with Gasteiger partial charge >= 0.3 is 0 Å². The first-order valence-electron chi connectivity index (χ1n) is 6.16. The lowest BCUT2D eigenvalue weighted by atomic mass is 9.90. The van der Waals surface area contributed by atoms with Gasteiger partial charge in [0.2, 0.25) is 6.41 Å². The number of nitrogens with one attached hydrogen (secondary N) is 1. The van der Waals surface area contributed by atoms with Gasteiger partial charge in [-0.2, -0.15) is 5.10 Å². The first kappa shape index (κ1) is 11.8. The smallest absolute Gasteiger partial charge is 0.212 e. The summed E-state index contributed by atoms with van der Waals surface area (Å²) in [6, 6.07) is 1.76. The van der Waals surface area contributed by atoms with Crippen LogP contribution in [0.4, 0.5) is 5.82 Å². The Hall–Kier alpha value is -2.24. The molecule has 1 amide bonds. The van der Waals surface area contributed by atoms with E-state index in [0.717, 1.165) is 24.2 Å². The Morgan fingerprint density at radius 2 is 2.26 bits per heavy atom. The van der Waals surface area contributed by atoms with Crippen molar-refractivity contribution in [2.24, 2.45) is 5.41 Å². The minimum atomic E-state index is 0.231. The van der Waals surface area contributed by atoms with Crippen LogP contribution in [-0.2, 0) is 17.8 Å². The zero-order chi connectivity index (χ0) is 13.5. The molecule has 1 aliphatic heterocycles. The maximum atomic E-state index is 10.5. The molecule has 0 fully saturated rings. The summed E-state index contributed by atoms with van der Waals surface area (Å²) in [5.41, 5.74) is 3.23. The van der Waals surface area contributed by atoms with Gasteiger partial charge in [0.1, 0.15) is 12.1 Å². The molecular formula is C13H15N5O. The Labute approximate surface area is 110 Å². The van der Waals surface area contributed by atoms with Gasteiger partial charge in [-0.25, -0.2) is 9.97 Å². The zero-order valence-corrected chi connectivity index (χ0v) is 10.9. The summed E-state index contributed by atoms with van der Waals surface area (Å²) < 4.78 is 2.03. The second-order valence-corrected chi connectivity index (χ2v) is 5.55. The van der Waals surface area contributed by atoms with Crippen LogP contribution < -0.4 is 5.32 Å². The van der Waals surface area contributed by atoms with Crippen molar-refractivity contribution in [2.45, 2.75) is 26.8 Å². The van der Waals surface area contributed by atoms with E-state index in [-0.39, 0.29) is 5.41 Å². The summed E-state index contributed by atoms with van der Waals surface area (Å²) in [5.74, 6) is 0.497. The van der Waals surface area contributed by atoms with Crippen molar-refractivity contribution in [1.82, 2.24) is 19.7 Å². The van der Waals surface area contributed by atoms with E-state index in [9.17, 15) is 4.79 Å². The molecule has 0 spiro atoms. The molecule has 6 heteroatoms. The van der Waals surface area contributed by atoms with Gasteiger partial charge < -0.3 is 5.32 Å². The van der Waals surface area contributed by atoms with E-state index >= 15 is 0 Å². The second kappa shape index (κ2) is 4.15. The molecule has 3 heterocycles. The fourth-order valence-electron chi connectivity index (χ4n) is 2.51. The van der Waals surface area contributed by atoms with Gasteiger partial charge in [-0.3, -0.25) is 9.48 Å². The maximum absolute atomic E-state index is 10.5. The molecule has 1 aliphatic rings. The number of nitrogens with zero attached hydrogens (tertiary/aromatic N) is 4. The average molecular weight is 257 g/mol. The molecule has 0 saturated carbocycles. The number of aromatic nitrogens is 4. The fraction of sp³-hybridized carbons (Fsp3) is 0.385. The molecule has 2 aromatic rings. The summed E-state index contributed by atoms with van der Waals surface area (Å²) in [6.07, 6.45) is 4.86. The highest BCUT2D eigenvalue weighted by molar-refractivity contribution is 5.72. The number of anilines is 1. The SMILES string of the molecule is CC1(C)Cc2c(-c3cc(NC=O)ncn3)cnn2C1. The largest absolute Gasteiger partial charge is 0.313 e. The molecule has 0 saturated heterocycles. The lowest BCUT2D eigenvalue weighted by Gasteiger charge is -2.14. The van der Waals surface area contributed by atoms with Gasteiger partial charge in [0.25, 0.3) is 0 Å². The van der Waals surface area contributed by atoms with E-state index in [1.807, 2.05) is 10.9 Å². The molecule has 6 nitrogen and oxygen atoms in total. The van der Waals surface area contributed by atoms with Crippen LogP contribution in [0, 0.1) is 5.41 Å². The minimum Gasteiger partial charge on any atom is -0.313 e. The van der Waals surface area contributed by atoms with Crippen molar-refractivity contribution in [1.29, 1.82) is 0 Å². The number of carbonyl (C=O) groups excluding carboxylic acids is 1. The third kappa shape index (κ3) is 2.09. The van der Waals surface area contributed by atoms with Gasteiger partial charge in [-0.05, 0) is 11.8 Å². The van der Waals surface area contributed by atoms with Crippen molar-refractivity contribution in [2.75, 3.05) is 5.32 Å². The number of carbonyl (C=O) groups is 1. The van der Waals surface area contributed by atoms with Crippen LogP contribution >= 0.6 is 0 Å². The van der Waals surface area contributed by atoms with Gasteiger partial charge in [-0.15, -0.1) is 0 Å². The average Bonchev–Trinajstić information content (AvgIpc) is 2.84. The van der Waals surface area contributed by atoms with E-state index in [0.29, 0.717) is 12.2 Å². The number of hydrogen-bond acceptors (Lipinski definition) is 4. The molecule has 3 rings (SSSR count). The Morgan fingerprint density at radius 3 is 3.05 bits per heavy atom. The molecule has 0 radical (unpaired) electrons. The molecule has 0 aromatic carbocycles. The molecule has 2 aromatic heterocycles. The van der Waals surface area contributed by atoms with Crippen molar-refractivity contribution < 1.29 is 4.79 Å². The Balaban J connectivity index is 2.00. The highest BCUT2D eigenvalue weighted by Gasteiger charge is 2.31. The molecule has 0 bridgehead atoms. The number of hydrogen-bond donors (Lipinski definition) is 1. The first-order chi connectivity index (χ1) is 9.09. The Kier molecular flexibility index (Phi) is 2.58. The van der Waals surface area contributed by atoms with E-state index in [2.05, 4.69) is 34.2 Å². The van der Waals surface area contributed by atoms with Crippen LogP contribution in [0.25, 0.3) is 11.3 Å². The standard InChI is InChI=1S/C13H15N5O/c1-13(2)4-11-9(5-17-18(11)6-13)10-3-12(16-8-19)15-7-14-10/h3,5,7-8H,4,6H2,1-2H3,(H,14,15,16,19). The molecule has 0 aliphatic carbocycles. The minimum absolute atomic E-state index is 0.231. The molecule has 1 N–H and O–H groups in total. The van der Waals surface area contributed by atoms with Crippen molar-refractivity contribution in [3.63, 3.8) is 0 Å². The van der Waals surface area contributed by atoms with E-state index < -0.39 is 0 Å². The molecule has 98 valence electrons. The van der Waals surface area contributed by atoms with Gasteiger partial charge in [0.15, 0.2) is 0 Å². The van der Waals surface area contributed by atoms with Crippen LogP contribution in [0.5, 0.6) is 0 Å². The molecule has 0 unspecified atom stereocenters. The number of amides is 1. The van der Waals surface area contributed by atoms with Gasteiger partial charge in [0, 0.05) is 23.9 Å². The summed E-state index contributed by atoms with van der Waals surface area (Å²) in [4.78, 5) is 18.7. The second-order valence-electron chi connectivity index (χ2n) is 5.55. The number of fused-ring (bicyclic) bond motifs is 1. The van der Waals surface area contributed by atoms with Crippen LogP contribution in [-0.4, -0.2) is 26.2 Å². The van der Waals surface area contributed by atoms with Gasteiger partial charge in [-0.1, -0.05) is 13.8 Å².